The zero-order valence-electron chi connectivity index (χ0n) is 16.0. The molecule has 2 aromatic carbocycles. The van der Waals surface area contributed by atoms with E-state index in [2.05, 4.69) is 10.6 Å². The molecule has 1 atom stereocenters. The third-order valence-corrected chi connectivity index (χ3v) is 4.13. The monoisotopic (exact) mass is 398 g/mol. The number of hydrogen-bond acceptors (Lipinski definition) is 6. The second kappa shape index (κ2) is 9.59. The first-order valence-electron chi connectivity index (χ1n) is 9.17. The summed E-state index contributed by atoms with van der Waals surface area (Å²) in [5.41, 5.74) is 1.39. The van der Waals surface area contributed by atoms with E-state index in [9.17, 15) is 14.4 Å². The van der Waals surface area contributed by atoms with Crippen LogP contribution in [0.1, 0.15) is 15.9 Å². The molecule has 0 radical (unpaired) electrons. The molecule has 2 amide bonds. The van der Waals surface area contributed by atoms with Gasteiger partial charge in [0.25, 0.3) is 11.8 Å². The van der Waals surface area contributed by atoms with Crippen molar-refractivity contribution in [1.29, 1.82) is 0 Å². The van der Waals surface area contributed by atoms with Gasteiger partial charge in [0.1, 0.15) is 19.3 Å². The van der Waals surface area contributed by atoms with Gasteiger partial charge in [0.15, 0.2) is 18.1 Å². The van der Waals surface area contributed by atoms with E-state index in [4.69, 9.17) is 14.2 Å². The average Bonchev–Trinajstić information content (AvgIpc) is 2.74. The second-order valence-electron chi connectivity index (χ2n) is 6.51. The van der Waals surface area contributed by atoms with E-state index in [-0.39, 0.29) is 25.1 Å². The maximum atomic E-state index is 12.0. The highest BCUT2D eigenvalue weighted by Gasteiger charge is 2.21. The Morgan fingerprint density at radius 3 is 2.66 bits per heavy atom. The number of esters is 1. The summed E-state index contributed by atoms with van der Waals surface area (Å²) in [4.78, 5) is 35.6. The normalized spacial score (nSPS) is 14.6. The van der Waals surface area contributed by atoms with Crippen LogP contribution in [0.3, 0.4) is 0 Å². The quantitative estimate of drug-likeness (QED) is 0.680. The molecule has 3 rings (SSSR count). The molecule has 0 fully saturated rings. The molecule has 1 heterocycles. The van der Waals surface area contributed by atoms with Gasteiger partial charge in [-0.15, -0.1) is 0 Å². The largest absolute Gasteiger partial charge is 0.486 e. The van der Waals surface area contributed by atoms with Gasteiger partial charge in [0.05, 0.1) is 6.54 Å². The molecule has 1 aliphatic heterocycles. The van der Waals surface area contributed by atoms with Crippen LogP contribution in [0.2, 0.25) is 0 Å². The van der Waals surface area contributed by atoms with Crippen LogP contribution in [0.4, 0.5) is 0 Å². The van der Waals surface area contributed by atoms with E-state index in [0.717, 1.165) is 5.56 Å². The minimum absolute atomic E-state index is 0.217. The molecule has 8 nitrogen and oxygen atoms in total. The van der Waals surface area contributed by atoms with Crippen LogP contribution in [-0.2, 0) is 14.3 Å². The van der Waals surface area contributed by atoms with Gasteiger partial charge in [-0.3, -0.25) is 14.4 Å². The number of benzene rings is 2. The lowest BCUT2D eigenvalue weighted by Crippen LogP contribution is -2.42. The van der Waals surface area contributed by atoms with Crippen molar-refractivity contribution in [3.63, 3.8) is 0 Å². The van der Waals surface area contributed by atoms with Gasteiger partial charge in [-0.1, -0.05) is 29.8 Å². The van der Waals surface area contributed by atoms with E-state index in [1.54, 1.807) is 30.3 Å². The first-order valence-corrected chi connectivity index (χ1v) is 9.17. The fourth-order valence-electron chi connectivity index (χ4n) is 2.68. The molecule has 152 valence electrons. The number of aryl methyl sites for hydroxylation is 1. The van der Waals surface area contributed by atoms with Crippen LogP contribution < -0.4 is 20.1 Å². The van der Waals surface area contributed by atoms with Crippen molar-refractivity contribution in [3.05, 3.63) is 59.7 Å². The first-order chi connectivity index (χ1) is 14.0. The Labute approximate surface area is 168 Å². The lowest BCUT2D eigenvalue weighted by Gasteiger charge is -2.26. The molecule has 0 aromatic heterocycles. The molecule has 0 saturated heterocycles. The molecule has 0 aliphatic carbocycles. The van der Waals surface area contributed by atoms with Gasteiger partial charge in [0.2, 0.25) is 0 Å². The Balaban J connectivity index is 1.33. The Morgan fingerprint density at radius 2 is 1.86 bits per heavy atom. The minimum atomic E-state index is -0.702. The Kier molecular flexibility index (Phi) is 6.67. The highest BCUT2D eigenvalue weighted by atomic mass is 16.6. The van der Waals surface area contributed by atoms with E-state index in [1.165, 1.54) is 0 Å². The standard InChI is InChI=1S/C21H22N2O6/c1-14-5-4-6-15(9-14)21(26)23-11-20(25)28-13-19(24)22-10-16-12-27-17-7-2-3-8-18(17)29-16/h2-9,16H,10-13H2,1H3,(H,22,24)(H,23,26)/t16-/m1/s1. The smallest absolute Gasteiger partial charge is 0.325 e. The highest BCUT2D eigenvalue weighted by Crippen LogP contribution is 2.30. The second-order valence-corrected chi connectivity index (χ2v) is 6.51. The Morgan fingerprint density at radius 1 is 1.07 bits per heavy atom. The third kappa shape index (κ3) is 5.97. The molecule has 8 heteroatoms. The molecule has 0 saturated carbocycles. The van der Waals surface area contributed by atoms with E-state index in [0.29, 0.717) is 23.7 Å². The maximum Gasteiger partial charge on any atom is 0.325 e. The highest BCUT2D eigenvalue weighted by molar-refractivity contribution is 5.96. The SMILES string of the molecule is Cc1cccc(C(=O)NCC(=O)OCC(=O)NC[C@@H]2COc3ccccc3O2)c1. The summed E-state index contributed by atoms with van der Waals surface area (Å²) in [6.45, 7) is 1.63. The summed E-state index contributed by atoms with van der Waals surface area (Å²) in [5, 5.41) is 5.09. The molecular formula is C21H22N2O6. The van der Waals surface area contributed by atoms with E-state index in [1.807, 2.05) is 25.1 Å². The summed E-state index contributed by atoms with van der Waals surface area (Å²) >= 11 is 0. The van der Waals surface area contributed by atoms with Crippen LogP contribution in [0, 0.1) is 6.92 Å². The van der Waals surface area contributed by atoms with Crippen LogP contribution in [0.5, 0.6) is 11.5 Å². The van der Waals surface area contributed by atoms with Crippen molar-refractivity contribution >= 4 is 17.8 Å². The van der Waals surface area contributed by atoms with Gasteiger partial charge in [-0.25, -0.2) is 0 Å². The first kappa shape index (κ1) is 20.2. The number of fused-ring (bicyclic) bond motifs is 1. The number of para-hydroxylation sites is 2. The lowest BCUT2D eigenvalue weighted by atomic mass is 10.1. The minimum Gasteiger partial charge on any atom is -0.486 e. The van der Waals surface area contributed by atoms with Crippen molar-refractivity contribution < 1.29 is 28.6 Å². The summed E-state index contributed by atoms with van der Waals surface area (Å²) in [7, 11) is 0. The maximum absolute atomic E-state index is 12.0. The summed E-state index contributed by atoms with van der Waals surface area (Å²) in [6, 6.07) is 14.3. The van der Waals surface area contributed by atoms with Crippen molar-refractivity contribution in [1.82, 2.24) is 10.6 Å². The number of hydrogen-bond donors (Lipinski definition) is 2. The van der Waals surface area contributed by atoms with E-state index >= 15 is 0 Å². The van der Waals surface area contributed by atoms with E-state index < -0.39 is 18.5 Å². The predicted molar refractivity (Wildman–Crippen MR) is 104 cm³/mol. The van der Waals surface area contributed by atoms with Crippen LogP contribution in [0.25, 0.3) is 0 Å². The zero-order chi connectivity index (χ0) is 20.6. The van der Waals surface area contributed by atoms with Crippen molar-refractivity contribution in [2.24, 2.45) is 0 Å². The van der Waals surface area contributed by atoms with Crippen molar-refractivity contribution in [3.8, 4) is 11.5 Å². The molecule has 2 aromatic rings. The molecule has 0 bridgehead atoms. The number of nitrogens with one attached hydrogen (secondary N) is 2. The van der Waals surface area contributed by atoms with Crippen LogP contribution >= 0.6 is 0 Å². The number of carbonyl (C=O) groups excluding carboxylic acids is 3. The number of rotatable bonds is 7. The van der Waals surface area contributed by atoms with Crippen LogP contribution in [-0.4, -0.2) is 50.2 Å². The molecule has 1 aliphatic rings. The Bertz CT molecular complexity index is 898. The van der Waals surface area contributed by atoms with Gasteiger partial charge < -0.3 is 24.8 Å². The molecule has 0 unspecified atom stereocenters. The van der Waals surface area contributed by atoms with Gasteiger partial charge in [0, 0.05) is 5.56 Å². The number of ether oxygens (including phenoxy) is 3. The fraction of sp³-hybridized carbons (Fsp3) is 0.286. The Hall–Kier alpha value is -3.55. The van der Waals surface area contributed by atoms with Gasteiger partial charge >= 0.3 is 5.97 Å². The molecule has 2 N–H and O–H groups in total. The fourth-order valence-corrected chi connectivity index (χ4v) is 2.68. The topological polar surface area (TPSA) is 103 Å². The molecular weight excluding hydrogens is 376 g/mol. The number of carbonyl (C=O) groups is 3. The molecule has 29 heavy (non-hydrogen) atoms. The number of amides is 2. The van der Waals surface area contributed by atoms with Gasteiger partial charge in [-0.2, -0.15) is 0 Å². The predicted octanol–water partition coefficient (Wildman–Crippen LogP) is 1.22. The summed E-state index contributed by atoms with van der Waals surface area (Å²) in [5.74, 6) is -0.270. The molecule has 0 spiro atoms. The lowest BCUT2D eigenvalue weighted by molar-refractivity contribution is -0.147. The third-order valence-electron chi connectivity index (χ3n) is 4.13. The summed E-state index contributed by atoms with van der Waals surface area (Å²) in [6.07, 6.45) is -0.335. The van der Waals surface area contributed by atoms with Crippen molar-refractivity contribution in [2.75, 3.05) is 26.3 Å². The van der Waals surface area contributed by atoms with Crippen molar-refractivity contribution in [2.45, 2.75) is 13.0 Å². The summed E-state index contributed by atoms with van der Waals surface area (Å²) < 4.78 is 16.2. The zero-order valence-corrected chi connectivity index (χ0v) is 16.0. The van der Waals surface area contributed by atoms with Crippen LogP contribution in [0.15, 0.2) is 48.5 Å². The average molecular weight is 398 g/mol. The van der Waals surface area contributed by atoms with Gasteiger partial charge in [-0.05, 0) is 31.2 Å².